The Hall–Kier alpha value is -2.88. The maximum atomic E-state index is 10.9. The lowest BCUT2D eigenvalue weighted by atomic mass is 9.99. The van der Waals surface area contributed by atoms with Crippen LogP contribution >= 0.6 is 0 Å². The van der Waals surface area contributed by atoms with E-state index in [0.29, 0.717) is 0 Å². The van der Waals surface area contributed by atoms with Crippen LogP contribution in [0.15, 0.2) is 65.8 Å². The summed E-state index contributed by atoms with van der Waals surface area (Å²) >= 11 is 0. The third-order valence-electron chi connectivity index (χ3n) is 3.36. The van der Waals surface area contributed by atoms with E-state index in [1.165, 1.54) is 6.07 Å². The van der Waals surface area contributed by atoms with Crippen LogP contribution in [0.25, 0.3) is 22.1 Å². The van der Waals surface area contributed by atoms with Crippen molar-refractivity contribution < 1.29 is 9.34 Å². The summed E-state index contributed by atoms with van der Waals surface area (Å²) in [6, 6.07) is 12.5. The van der Waals surface area contributed by atoms with E-state index >= 15 is 0 Å². The average molecular weight is 279 g/mol. The van der Waals surface area contributed by atoms with Crippen LogP contribution in [0.2, 0.25) is 0 Å². The van der Waals surface area contributed by atoms with Gasteiger partial charge in [-0.3, -0.25) is 10.1 Å². The second-order valence-electron chi connectivity index (χ2n) is 4.78. The Morgan fingerprint density at radius 2 is 2.10 bits per heavy atom. The summed E-state index contributed by atoms with van der Waals surface area (Å²) in [5.74, 6) is 0. The molecule has 0 aliphatic carbocycles. The molecule has 3 aromatic rings. The maximum absolute atomic E-state index is 10.9. The molecule has 21 heavy (non-hydrogen) atoms. The molecule has 1 heterocycles. The van der Waals surface area contributed by atoms with Crippen LogP contribution in [0, 0.1) is 10.1 Å². The Labute approximate surface area is 121 Å². The molecule has 0 unspecified atom stereocenters. The van der Waals surface area contributed by atoms with Crippen LogP contribution in [0.3, 0.4) is 0 Å². The molecule has 1 aromatic heterocycles. The van der Waals surface area contributed by atoms with Gasteiger partial charge < -0.3 is 4.42 Å². The van der Waals surface area contributed by atoms with Crippen LogP contribution in [0.4, 0.5) is 5.69 Å². The zero-order valence-corrected chi connectivity index (χ0v) is 11.3. The lowest BCUT2D eigenvalue weighted by Crippen LogP contribution is -1.89. The third kappa shape index (κ3) is 2.43. The van der Waals surface area contributed by atoms with Crippen LogP contribution in [0.1, 0.15) is 5.56 Å². The quantitative estimate of drug-likeness (QED) is 0.394. The molecule has 0 N–H and O–H groups in total. The van der Waals surface area contributed by atoms with Gasteiger partial charge in [-0.2, -0.15) is 0 Å². The molecular formula is C17H13NO3. The minimum atomic E-state index is -0.392. The Kier molecular flexibility index (Phi) is 3.28. The van der Waals surface area contributed by atoms with E-state index < -0.39 is 4.92 Å². The molecule has 0 aliphatic heterocycles. The van der Waals surface area contributed by atoms with Gasteiger partial charge in [-0.05, 0) is 35.7 Å². The van der Waals surface area contributed by atoms with Gasteiger partial charge in [0.1, 0.15) is 5.58 Å². The third-order valence-corrected chi connectivity index (χ3v) is 3.36. The van der Waals surface area contributed by atoms with Crippen molar-refractivity contribution in [2.45, 2.75) is 6.42 Å². The van der Waals surface area contributed by atoms with Crippen LogP contribution in [-0.4, -0.2) is 4.92 Å². The lowest BCUT2D eigenvalue weighted by Gasteiger charge is -2.06. The first-order valence-corrected chi connectivity index (χ1v) is 6.55. The number of allylic oxidation sites excluding steroid dienone is 1. The fourth-order valence-corrected chi connectivity index (χ4v) is 2.43. The molecule has 0 radical (unpaired) electrons. The topological polar surface area (TPSA) is 56.3 Å². The van der Waals surface area contributed by atoms with Crippen molar-refractivity contribution in [2.24, 2.45) is 0 Å². The molecule has 104 valence electrons. The van der Waals surface area contributed by atoms with E-state index in [1.807, 2.05) is 30.3 Å². The summed E-state index contributed by atoms with van der Waals surface area (Å²) in [5.41, 5.74) is 3.54. The van der Waals surface area contributed by atoms with E-state index in [9.17, 15) is 10.1 Å². The van der Waals surface area contributed by atoms with Gasteiger partial charge in [-0.15, -0.1) is 6.58 Å². The molecule has 0 fully saturated rings. The molecule has 0 saturated heterocycles. The molecule has 3 rings (SSSR count). The summed E-state index contributed by atoms with van der Waals surface area (Å²) in [7, 11) is 0. The standard InChI is InChI=1S/C17H13NO3/c1-2-4-12-9-14-7-8-21-17(14)16(10-12)13-5-3-6-15(11-13)18(19)20/h2-3,5-11H,1,4H2. The van der Waals surface area contributed by atoms with Crippen molar-refractivity contribution in [1.29, 1.82) is 0 Å². The highest BCUT2D eigenvalue weighted by molar-refractivity contribution is 5.93. The number of furan rings is 1. The lowest BCUT2D eigenvalue weighted by molar-refractivity contribution is -0.384. The number of hydrogen-bond acceptors (Lipinski definition) is 3. The van der Waals surface area contributed by atoms with Crippen molar-refractivity contribution in [3.8, 4) is 11.1 Å². The van der Waals surface area contributed by atoms with Gasteiger partial charge in [0.05, 0.1) is 11.2 Å². The second kappa shape index (κ2) is 5.25. The Balaban J connectivity index is 2.22. The number of rotatable bonds is 4. The van der Waals surface area contributed by atoms with Gasteiger partial charge >= 0.3 is 0 Å². The smallest absolute Gasteiger partial charge is 0.270 e. The molecule has 4 nitrogen and oxygen atoms in total. The first kappa shape index (κ1) is 13.1. The predicted octanol–water partition coefficient (Wildman–Crippen LogP) is 4.74. The number of fused-ring (bicyclic) bond motifs is 1. The molecule has 0 aliphatic rings. The van der Waals surface area contributed by atoms with Gasteiger partial charge in [0.15, 0.2) is 0 Å². The number of non-ortho nitro benzene ring substituents is 1. The number of nitrogens with zero attached hydrogens (tertiary/aromatic N) is 1. The van der Waals surface area contributed by atoms with Crippen LogP contribution in [0.5, 0.6) is 0 Å². The van der Waals surface area contributed by atoms with Gasteiger partial charge in [0.25, 0.3) is 5.69 Å². The number of benzene rings is 2. The van der Waals surface area contributed by atoms with E-state index in [4.69, 9.17) is 4.42 Å². The van der Waals surface area contributed by atoms with Gasteiger partial charge in [0.2, 0.25) is 0 Å². The summed E-state index contributed by atoms with van der Waals surface area (Å²) in [6.45, 7) is 3.75. The van der Waals surface area contributed by atoms with Crippen molar-refractivity contribution in [3.05, 3.63) is 77.1 Å². The van der Waals surface area contributed by atoms with Gasteiger partial charge in [-0.25, -0.2) is 0 Å². The first-order chi connectivity index (χ1) is 10.2. The zero-order chi connectivity index (χ0) is 14.8. The van der Waals surface area contributed by atoms with E-state index in [0.717, 1.165) is 34.1 Å². The minimum absolute atomic E-state index is 0.0707. The van der Waals surface area contributed by atoms with Crippen molar-refractivity contribution >= 4 is 16.7 Å². The first-order valence-electron chi connectivity index (χ1n) is 6.55. The SMILES string of the molecule is C=CCc1cc(-c2cccc([N+](=O)[O-])c2)c2occc2c1. The van der Waals surface area contributed by atoms with E-state index in [2.05, 4.69) is 6.58 Å². The maximum Gasteiger partial charge on any atom is 0.270 e. The normalized spacial score (nSPS) is 10.7. The molecule has 2 aromatic carbocycles. The van der Waals surface area contributed by atoms with Crippen molar-refractivity contribution in [3.63, 3.8) is 0 Å². The summed E-state index contributed by atoms with van der Waals surface area (Å²) in [6.07, 6.45) is 4.20. The molecular weight excluding hydrogens is 266 g/mol. The highest BCUT2D eigenvalue weighted by Gasteiger charge is 2.12. The van der Waals surface area contributed by atoms with E-state index in [1.54, 1.807) is 18.4 Å². The fraction of sp³-hybridized carbons (Fsp3) is 0.0588. The number of nitro groups is 1. The zero-order valence-electron chi connectivity index (χ0n) is 11.3. The minimum Gasteiger partial charge on any atom is -0.464 e. The summed E-state index contributed by atoms with van der Waals surface area (Å²) in [4.78, 5) is 10.5. The number of nitro benzene ring substituents is 1. The van der Waals surface area contributed by atoms with Crippen molar-refractivity contribution in [1.82, 2.24) is 0 Å². The molecule has 0 bridgehead atoms. The highest BCUT2D eigenvalue weighted by Crippen LogP contribution is 2.32. The fourth-order valence-electron chi connectivity index (χ4n) is 2.43. The van der Waals surface area contributed by atoms with Crippen molar-refractivity contribution in [2.75, 3.05) is 0 Å². The van der Waals surface area contributed by atoms with Gasteiger partial charge in [0, 0.05) is 23.1 Å². The van der Waals surface area contributed by atoms with Crippen LogP contribution in [-0.2, 0) is 6.42 Å². The molecule has 0 saturated carbocycles. The molecule has 4 heteroatoms. The van der Waals surface area contributed by atoms with Crippen LogP contribution < -0.4 is 0 Å². The predicted molar refractivity (Wildman–Crippen MR) is 82.2 cm³/mol. The highest BCUT2D eigenvalue weighted by atomic mass is 16.6. The Bertz CT molecular complexity index is 833. The second-order valence-corrected chi connectivity index (χ2v) is 4.78. The summed E-state index contributed by atoms with van der Waals surface area (Å²) < 4.78 is 5.54. The van der Waals surface area contributed by atoms with E-state index in [-0.39, 0.29) is 5.69 Å². The average Bonchev–Trinajstić information content (AvgIpc) is 2.95. The summed E-state index contributed by atoms with van der Waals surface area (Å²) in [5, 5.41) is 11.9. The molecule has 0 spiro atoms. The number of hydrogen-bond donors (Lipinski definition) is 0. The largest absolute Gasteiger partial charge is 0.464 e. The molecule has 0 amide bonds. The Morgan fingerprint density at radius 1 is 1.24 bits per heavy atom. The molecule has 0 atom stereocenters. The Morgan fingerprint density at radius 3 is 2.86 bits per heavy atom. The monoisotopic (exact) mass is 279 g/mol. The van der Waals surface area contributed by atoms with Gasteiger partial charge in [-0.1, -0.05) is 18.2 Å².